The first-order valence-electron chi connectivity index (χ1n) is 12.9. The maximum absolute atomic E-state index is 14.6. The van der Waals surface area contributed by atoms with Gasteiger partial charge in [0.15, 0.2) is 5.75 Å². The highest BCUT2D eigenvalue weighted by Crippen LogP contribution is 2.36. The molecule has 0 aliphatic carbocycles. The average molecular weight is 546 g/mol. The van der Waals surface area contributed by atoms with Gasteiger partial charge >= 0.3 is 5.97 Å². The van der Waals surface area contributed by atoms with E-state index < -0.39 is 24.4 Å². The molecule has 1 fully saturated rings. The lowest BCUT2D eigenvalue weighted by Gasteiger charge is -2.39. The summed E-state index contributed by atoms with van der Waals surface area (Å²) in [7, 11) is 2.97. The molecule has 0 aromatic carbocycles. The van der Waals surface area contributed by atoms with E-state index in [9.17, 15) is 18.4 Å². The van der Waals surface area contributed by atoms with Crippen LogP contribution >= 0.6 is 0 Å². The lowest BCUT2D eigenvalue weighted by molar-refractivity contribution is -0.142. The average Bonchev–Trinajstić information content (AvgIpc) is 3.27. The molecule has 0 amide bonds. The monoisotopic (exact) mass is 545 g/mol. The van der Waals surface area contributed by atoms with Crippen molar-refractivity contribution < 1.29 is 23.0 Å². The maximum atomic E-state index is 14.6. The molecule has 3 aromatic rings. The molecular formula is C26H33F2N7O4. The van der Waals surface area contributed by atoms with Gasteiger partial charge in [-0.2, -0.15) is 5.10 Å². The maximum Gasteiger partial charge on any atom is 0.305 e. The second kappa shape index (κ2) is 11.9. The largest absolute Gasteiger partial charge is 0.481 e. The molecule has 0 bridgehead atoms. The number of halogens is 2. The van der Waals surface area contributed by atoms with E-state index >= 15 is 0 Å². The predicted molar refractivity (Wildman–Crippen MR) is 139 cm³/mol. The summed E-state index contributed by atoms with van der Waals surface area (Å²) >= 11 is 0. The van der Waals surface area contributed by atoms with Crippen LogP contribution in [0, 0.1) is 5.92 Å². The number of rotatable bonds is 10. The van der Waals surface area contributed by atoms with Crippen LogP contribution < -0.4 is 15.1 Å². The molecular weight excluding hydrogens is 512 g/mol. The van der Waals surface area contributed by atoms with E-state index in [2.05, 4.69) is 15.4 Å². The molecule has 0 saturated carbocycles. The molecule has 0 unspecified atom stereocenters. The number of carbonyl (C=O) groups excluding carboxylic acids is 1. The summed E-state index contributed by atoms with van der Waals surface area (Å²) in [5, 5.41) is 12.4. The fourth-order valence-corrected chi connectivity index (χ4v) is 4.79. The van der Waals surface area contributed by atoms with Crippen molar-refractivity contribution in [3.63, 3.8) is 0 Å². The third-order valence-electron chi connectivity index (χ3n) is 6.63. The first-order valence-corrected chi connectivity index (χ1v) is 12.9. The minimum Gasteiger partial charge on any atom is -0.481 e. The van der Waals surface area contributed by atoms with E-state index in [0.717, 1.165) is 6.42 Å². The number of alkyl halides is 2. The molecule has 1 aliphatic heterocycles. The summed E-state index contributed by atoms with van der Waals surface area (Å²) in [5.41, 5.74) is 2.45. The van der Waals surface area contributed by atoms with Gasteiger partial charge < -0.3 is 14.4 Å². The summed E-state index contributed by atoms with van der Waals surface area (Å²) in [6, 6.07) is 3.47. The van der Waals surface area contributed by atoms with Crippen LogP contribution in [0.2, 0.25) is 0 Å². The summed E-state index contributed by atoms with van der Waals surface area (Å²) in [6.45, 7) is 4.42. The van der Waals surface area contributed by atoms with Crippen LogP contribution in [0.4, 0.5) is 14.5 Å². The van der Waals surface area contributed by atoms with Gasteiger partial charge in [0.1, 0.15) is 18.0 Å². The van der Waals surface area contributed by atoms with Crippen molar-refractivity contribution in [3.05, 3.63) is 46.1 Å². The Morgan fingerprint density at radius 3 is 2.77 bits per heavy atom. The highest BCUT2D eigenvalue weighted by atomic mass is 19.3. The number of carbonyl (C=O) groups is 1. The molecule has 39 heavy (non-hydrogen) atoms. The van der Waals surface area contributed by atoms with Crippen molar-refractivity contribution in [2.75, 3.05) is 25.1 Å². The molecule has 0 spiro atoms. The lowest BCUT2D eigenvalue weighted by atomic mass is 9.91. The zero-order valence-corrected chi connectivity index (χ0v) is 22.6. The molecule has 0 radical (unpaired) electrons. The number of ether oxygens (including phenoxy) is 2. The molecule has 13 heteroatoms. The van der Waals surface area contributed by atoms with Crippen LogP contribution in [0.15, 0.2) is 29.3 Å². The van der Waals surface area contributed by atoms with Gasteiger partial charge in [0.05, 0.1) is 49.5 Å². The van der Waals surface area contributed by atoms with Gasteiger partial charge in [0.2, 0.25) is 5.43 Å². The Kier molecular flexibility index (Phi) is 8.56. The summed E-state index contributed by atoms with van der Waals surface area (Å²) in [6.07, 6.45) is 3.70. The van der Waals surface area contributed by atoms with Crippen LogP contribution in [0.5, 0.6) is 5.75 Å². The minimum absolute atomic E-state index is 0.0165. The Labute approximate surface area is 224 Å². The smallest absolute Gasteiger partial charge is 0.305 e. The summed E-state index contributed by atoms with van der Waals surface area (Å²) in [4.78, 5) is 30.4. The number of hydrogen-bond acceptors (Lipinski definition) is 9. The Balaban J connectivity index is 1.59. The zero-order chi connectivity index (χ0) is 28.2. The number of aryl methyl sites for hydroxylation is 3. The third kappa shape index (κ3) is 6.58. The number of nitrogens with zero attached hydrogens (tertiary/aromatic N) is 7. The summed E-state index contributed by atoms with van der Waals surface area (Å²) < 4.78 is 43.0. The van der Waals surface area contributed by atoms with Gasteiger partial charge in [0, 0.05) is 26.6 Å². The van der Waals surface area contributed by atoms with Crippen molar-refractivity contribution >= 4 is 11.7 Å². The number of anilines is 1. The molecule has 3 aromatic heterocycles. The van der Waals surface area contributed by atoms with Gasteiger partial charge in [-0.05, 0) is 30.9 Å². The Hall–Kier alpha value is -3.90. The van der Waals surface area contributed by atoms with Crippen LogP contribution in [-0.2, 0) is 36.2 Å². The molecule has 1 atom stereocenters. The predicted octanol–water partition coefficient (Wildman–Crippen LogP) is 3.01. The molecule has 1 saturated heterocycles. The molecule has 4 rings (SSSR count). The van der Waals surface area contributed by atoms with Crippen molar-refractivity contribution in [2.24, 2.45) is 13.0 Å². The number of methoxy groups -OCH3 is 1. The van der Waals surface area contributed by atoms with Gasteiger partial charge in [0.25, 0.3) is 5.92 Å². The first kappa shape index (κ1) is 28.1. The van der Waals surface area contributed by atoms with Gasteiger partial charge in [-0.1, -0.05) is 19.1 Å². The zero-order valence-electron chi connectivity index (χ0n) is 22.6. The topological polar surface area (TPSA) is 117 Å². The van der Waals surface area contributed by atoms with E-state index in [4.69, 9.17) is 14.5 Å². The molecule has 4 heterocycles. The van der Waals surface area contributed by atoms with Crippen molar-refractivity contribution in [2.45, 2.75) is 58.6 Å². The molecule has 210 valence electrons. The third-order valence-corrected chi connectivity index (χ3v) is 6.63. The van der Waals surface area contributed by atoms with E-state index in [1.807, 2.05) is 13.8 Å². The molecule has 1 aliphatic rings. The standard InChI is InChI=1S/C26H33F2N7O4/c1-5-9-35-14-23(22(36)12-29-35)39-15-21-25(31-32-33(21)3)19-7-8-20(18(6-2)30-19)34-13-17(10-24(37)38-4)11-26(27,28)16-34/h7-8,12,14,17H,5-6,9-11,13,15-16H2,1-4H3/t17-/m0/s1. The van der Waals surface area contributed by atoms with E-state index in [-0.39, 0.29) is 30.6 Å². The number of hydrogen-bond donors (Lipinski definition) is 0. The summed E-state index contributed by atoms with van der Waals surface area (Å²) in [5.74, 6) is -3.83. The first-order chi connectivity index (χ1) is 18.6. The fraction of sp³-hybridized carbons (Fsp3) is 0.538. The van der Waals surface area contributed by atoms with Crippen molar-refractivity contribution in [1.29, 1.82) is 0 Å². The van der Waals surface area contributed by atoms with Crippen LogP contribution in [-0.4, -0.2) is 61.8 Å². The van der Waals surface area contributed by atoms with Gasteiger partial charge in [-0.3, -0.25) is 14.3 Å². The molecule has 11 nitrogen and oxygen atoms in total. The number of aromatic nitrogens is 6. The second-order valence-corrected chi connectivity index (χ2v) is 9.67. The second-order valence-electron chi connectivity index (χ2n) is 9.67. The minimum atomic E-state index is -2.95. The van der Waals surface area contributed by atoms with E-state index in [1.165, 1.54) is 13.3 Å². The Bertz CT molecular complexity index is 1370. The Morgan fingerprint density at radius 2 is 2.05 bits per heavy atom. The number of piperidine rings is 1. The van der Waals surface area contributed by atoms with E-state index in [0.29, 0.717) is 48.0 Å². The highest BCUT2D eigenvalue weighted by molar-refractivity contribution is 5.70. The fourth-order valence-electron chi connectivity index (χ4n) is 4.79. The van der Waals surface area contributed by atoms with Crippen LogP contribution in [0.3, 0.4) is 0 Å². The Morgan fingerprint density at radius 1 is 1.26 bits per heavy atom. The highest BCUT2D eigenvalue weighted by Gasteiger charge is 2.41. The molecule has 0 N–H and O–H groups in total. The lowest BCUT2D eigenvalue weighted by Crippen LogP contribution is -2.48. The van der Waals surface area contributed by atoms with Crippen LogP contribution in [0.25, 0.3) is 11.4 Å². The van der Waals surface area contributed by atoms with Crippen molar-refractivity contribution in [3.8, 4) is 17.1 Å². The SMILES string of the molecule is CCCn1cc(OCc2c(-c3ccc(N4C[C@@H](CC(=O)OC)CC(F)(F)C4)c(CC)n3)nnn2C)c(=O)cn1. The van der Waals surface area contributed by atoms with E-state index in [1.54, 1.807) is 39.6 Å². The number of esters is 1. The quantitative estimate of drug-likeness (QED) is 0.354. The number of pyridine rings is 1. The van der Waals surface area contributed by atoms with Crippen molar-refractivity contribution in [1.82, 2.24) is 29.8 Å². The van der Waals surface area contributed by atoms with Crippen LogP contribution in [0.1, 0.15) is 44.5 Å². The normalized spacial score (nSPS) is 16.8. The van der Waals surface area contributed by atoms with Gasteiger partial charge in [-0.15, -0.1) is 5.10 Å². The van der Waals surface area contributed by atoms with Gasteiger partial charge in [-0.25, -0.2) is 18.4 Å².